The van der Waals surface area contributed by atoms with Crippen LogP contribution in [-0.4, -0.2) is 43.6 Å². The van der Waals surface area contributed by atoms with Gasteiger partial charge in [-0.15, -0.1) is 0 Å². The molecule has 0 saturated carbocycles. The van der Waals surface area contributed by atoms with Crippen LogP contribution in [0.3, 0.4) is 0 Å². The third-order valence-electron chi connectivity index (χ3n) is 5.49. The SMILES string of the molecule is CC(C)(C)C(=O)SCCOP(=O)(OC[C@@H]1C=C[C@H](n2cnc3c(Cl)nc(N)nc32)C1)Oc1ccccc1. The van der Waals surface area contributed by atoms with E-state index in [-0.39, 0.29) is 41.4 Å². The van der Waals surface area contributed by atoms with E-state index < -0.39 is 13.2 Å². The number of allylic oxidation sites excluding steroid dienone is 1. The van der Waals surface area contributed by atoms with Crippen LogP contribution in [0.2, 0.25) is 5.15 Å². The number of benzene rings is 1. The normalized spacial score (nSPS) is 19.2. The number of phosphoric ester groups is 1. The van der Waals surface area contributed by atoms with Gasteiger partial charge in [-0.05, 0) is 18.6 Å². The van der Waals surface area contributed by atoms with Gasteiger partial charge in [0.2, 0.25) is 5.95 Å². The summed E-state index contributed by atoms with van der Waals surface area (Å²) in [6, 6.07) is 8.62. The van der Waals surface area contributed by atoms with Crippen molar-refractivity contribution in [2.75, 3.05) is 24.7 Å². The third-order valence-corrected chi connectivity index (χ3v) is 8.40. The van der Waals surface area contributed by atoms with E-state index in [0.717, 1.165) is 11.8 Å². The summed E-state index contributed by atoms with van der Waals surface area (Å²) in [4.78, 5) is 24.7. The second-order valence-electron chi connectivity index (χ2n) is 9.51. The molecule has 3 atom stereocenters. The standard InChI is InChI=1S/C24H29ClN5O5PS/c1-24(2,3)22(31)37-12-11-33-36(32,35-18-7-5-4-6-8-18)34-14-16-9-10-17(13-16)30-15-27-19-20(25)28-23(26)29-21(19)30/h4-10,15-17H,11-14H2,1-3H3,(H2,26,28,29)/t16-,17+,36?/m1/s1. The number of imidazole rings is 1. The molecule has 2 heterocycles. The first kappa shape index (κ1) is 27.6. The van der Waals surface area contributed by atoms with Gasteiger partial charge in [-0.2, -0.15) is 9.97 Å². The van der Waals surface area contributed by atoms with E-state index >= 15 is 0 Å². The van der Waals surface area contributed by atoms with Crippen LogP contribution >= 0.6 is 31.2 Å². The van der Waals surface area contributed by atoms with Gasteiger partial charge in [-0.25, -0.2) is 9.55 Å². The highest BCUT2D eigenvalue weighted by Crippen LogP contribution is 2.50. The number of hydrogen-bond acceptors (Lipinski definition) is 10. The molecule has 1 aliphatic rings. The molecule has 1 unspecified atom stereocenters. The topological polar surface area (TPSA) is 131 Å². The monoisotopic (exact) mass is 565 g/mol. The van der Waals surface area contributed by atoms with Crippen molar-refractivity contribution >= 4 is 53.4 Å². The van der Waals surface area contributed by atoms with Crippen LogP contribution in [0.15, 0.2) is 48.8 Å². The molecule has 2 N–H and O–H groups in total. The zero-order valence-electron chi connectivity index (χ0n) is 20.7. The largest absolute Gasteiger partial charge is 0.530 e. The van der Waals surface area contributed by atoms with Crippen LogP contribution in [0.25, 0.3) is 11.2 Å². The molecule has 0 fully saturated rings. The first-order valence-corrected chi connectivity index (χ1v) is 14.5. The van der Waals surface area contributed by atoms with Gasteiger partial charge in [0, 0.05) is 17.1 Å². The van der Waals surface area contributed by atoms with Crippen LogP contribution in [0.5, 0.6) is 5.75 Å². The number of nitrogen functional groups attached to an aromatic ring is 1. The molecule has 13 heteroatoms. The van der Waals surface area contributed by atoms with Gasteiger partial charge < -0.3 is 14.8 Å². The Bertz CT molecular complexity index is 1330. The molecular weight excluding hydrogens is 537 g/mol. The van der Waals surface area contributed by atoms with E-state index in [1.807, 2.05) is 43.6 Å². The summed E-state index contributed by atoms with van der Waals surface area (Å²) < 4.78 is 32.4. The molecule has 2 aromatic heterocycles. The lowest BCUT2D eigenvalue weighted by molar-refractivity contribution is -0.117. The molecular formula is C24H29ClN5O5PS. The number of rotatable bonds is 10. The molecule has 0 aliphatic heterocycles. The summed E-state index contributed by atoms with van der Waals surface area (Å²) in [5, 5.41) is 0.222. The van der Waals surface area contributed by atoms with Crippen LogP contribution in [0.4, 0.5) is 5.95 Å². The number of fused-ring (bicyclic) bond motifs is 1. The Balaban J connectivity index is 1.38. The average Bonchev–Trinajstić information content (AvgIpc) is 3.47. The molecule has 0 amide bonds. The van der Waals surface area contributed by atoms with Gasteiger partial charge in [0.15, 0.2) is 15.9 Å². The molecule has 198 valence electrons. The van der Waals surface area contributed by atoms with Crippen molar-refractivity contribution in [2.45, 2.75) is 33.2 Å². The number of aromatic nitrogens is 4. The van der Waals surface area contributed by atoms with Crippen molar-refractivity contribution in [3.63, 3.8) is 0 Å². The van der Waals surface area contributed by atoms with E-state index in [1.54, 1.807) is 30.6 Å². The number of para-hydroxylation sites is 1. The Labute approximate surface area is 224 Å². The summed E-state index contributed by atoms with van der Waals surface area (Å²) in [6.45, 7) is 5.68. The van der Waals surface area contributed by atoms with Gasteiger partial charge in [0.05, 0.1) is 25.6 Å². The van der Waals surface area contributed by atoms with E-state index in [2.05, 4.69) is 15.0 Å². The molecule has 10 nitrogen and oxygen atoms in total. The van der Waals surface area contributed by atoms with Crippen molar-refractivity contribution in [3.05, 3.63) is 54.0 Å². The van der Waals surface area contributed by atoms with Crippen LogP contribution in [0, 0.1) is 11.3 Å². The number of thioether (sulfide) groups is 1. The first-order valence-electron chi connectivity index (χ1n) is 11.7. The van der Waals surface area contributed by atoms with E-state index in [4.69, 9.17) is 30.9 Å². The Morgan fingerprint density at radius 3 is 2.70 bits per heavy atom. The second kappa shape index (κ2) is 11.5. The molecule has 4 rings (SSSR count). The molecule has 0 spiro atoms. The average molecular weight is 566 g/mol. The predicted molar refractivity (Wildman–Crippen MR) is 145 cm³/mol. The maximum Gasteiger partial charge on any atom is 0.530 e. The van der Waals surface area contributed by atoms with E-state index in [9.17, 15) is 9.36 Å². The minimum atomic E-state index is -3.96. The number of carbonyl (C=O) groups excluding carboxylic acids is 1. The number of phosphoric acid groups is 1. The highest BCUT2D eigenvalue weighted by Gasteiger charge is 2.32. The number of nitrogens with two attached hydrogens (primary N) is 1. The van der Waals surface area contributed by atoms with E-state index in [0.29, 0.717) is 29.1 Å². The Morgan fingerprint density at radius 1 is 1.22 bits per heavy atom. The molecule has 1 aliphatic carbocycles. The fraction of sp³-hybridized carbons (Fsp3) is 0.417. The van der Waals surface area contributed by atoms with Crippen LogP contribution in [0.1, 0.15) is 33.2 Å². The Hall–Kier alpha value is -2.43. The first-order chi connectivity index (χ1) is 17.5. The molecule has 1 aromatic carbocycles. The number of halogens is 1. The van der Waals surface area contributed by atoms with Crippen molar-refractivity contribution in [2.24, 2.45) is 11.3 Å². The summed E-state index contributed by atoms with van der Waals surface area (Å²) in [7, 11) is -3.96. The number of hydrogen-bond donors (Lipinski definition) is 1. The van der Waals surface area contributed by atoms with Gasteiger partial charge in [-0.1, -0.05) is 74.5 Å². The van der Waals surface area contributed by atoms with Crippen LogP contribution < -0.4 is 10.3 Å². The fourth-order valence-corrected chi connectivity index (χ4v) is 5.99. The van der Waals surface area contributed by atoms with Gasteiger partial charge in [0.1, 0.15) is 11.3 Å². The molecule has 0 bridgehead atoms. The van der Waals surface area contributed by atoms with Crippen molar-refractivity contribution < 1.29 is 22.9 Å². The molecule has 3 aromatic rings. The van der Waals surface area contributed by atoms with Crippen molar-refractivity contribution in [1.82, 2.24) is 19.5 Å². The van der Waals surface area contributed by atoms with Crippen molar-refractivity contribution in [3.8, 4) is 5.75 Å². The zero-order chi connectivity index (χ0) is 26.6. The number of anilines is 1. The number of nitrogens with zero attached hydrogens (tertiary/aromatic N) is 4. The number of carbonyl (C=O) groups is 1. The summed E-state index contributed by atoms with van der Waals surface area (Å²) in [6.07, 6.45) is 6.27. The highest BCUT2D eigenvalue weighted by molar-refractivity contribution is 8.13. The van der Waals surface area contributed by atoms with Gasteiger partial charge in [-0.3, -0.25) is 13.8 Å². The Morgan fingerprint density at radius 2 is 1.97 bits per heavy atom. The summed E-state index contributed by atoms with van der Waals surface area (Å²) >= 11 is 7.28. The van der Waals surface area contributed by atoms with Crippen LogP contribution in [-0.2, 0) is 18.4 Å². The minimum absolute atomic E-state index is 0.0262. The molecule has 37 heavy (non-hydrogen) atoms. The quantitative estimate of drug-likeness (QED) is 0.141. The smallest absolute Gasteiger partial charge is 0.404 e. The lowest BCUT2D eigenvalue weighted by Gasteiger charge is -2.21. The van der Waals surface area contributed by atoms with Gasteiger partial charge >= 0.3 is 7.82 Å². The molecule has 0 radical (unpaired) electrons. The maximum absolute atomic E-state index is 13.5. The summed E-state index contributed by atoms with van der Waals surface area (Å²) in [5.41, 5.74) is 6.30. The molecule has 0 saturated heterocycles. The maximum atomic E-state index is 13.5. The fourth-order valence-electron chi connectivity index (χ4n) is 3.61. The predicted octanol–water partition coefficient (Wildman–Crippen LogP) is 5.71. The third kappa shape index (κ3) is 7.12. The minimum Gasteiger partial charge on any atom is -0.404 e. The second-order valence-corrected chi connectivity index (χ2v) is 12.5. The van der Waals surface area contributed by atoms with Crippen molar-refractivity contribution in [1.29, 1.82) is 0 Å². The van der Waals surface area contributed by atoms with Gasteiger partial charge in [0.25, 0.3) is 0 Å². The summed E-state index contributed by atoms with van der Waals surface area (Å²) in [5.74, 6) is 0.696. The van der Waals surface area contributed by atoms with E-state index in [1.165, 1.54) is 0 Å². The highest BCUT2D eigenvalue weighted by atomic mass is 35.5. The lowest BCUT2D eigenvalue weighted by Crippen LogP contribution is -2.17. The lowest BCUT2D eigenvalue weighted by atomic mass is 10.00. The zero-order valence-corrected chi connectivity index (χ0v) is 23.2. The Kier molecular flexibility index (Phi) is 8.60.